The first-order valence-electron chi connectivity index (χ1n) is 10.7. The third-order valence-electron chi connectivity index (χ3n) is 6.62. The highest BCUT2D eigenvalue weighted by molar-refractivity contribution is 5.94. The summed E-state index contributed by atoms with van der Waals surface area (Å²) in [6.45, 7) is 6.90. The third-order valence-corrected chi connectivity index (χ3v) is 6.62. The van der Waals surface area contributed by atoms with Gasteiger partial charge in [0.2, 0.25) is 0 Å². The van der Waals surface area contributed by atoms with Gasteiger partial charge in [-0.3, -0.25) is 14.5 Å². The van der Waals surface area contributed by atoms with Gasteiger partial charge in [-0.15, -0.1) is 0 Å². The summed E-state index contributed by atoms with van der Waals surface area (Å²) in [5.74, 6) is 1.03. The fourth-order valence-electron chi connectivity index (χ4n) is 5.18. The van der Waals surface area contributed by atoms with Crippen LogP contribution in [0, 0.1) is 18.8 Å². The fourth-order valence-corrected chi connectivity index (χ4v) is 5.18. The Bertz CT molecular complexity index is 1000. The van der Waals surface area contributed by atoms with Crippen molar-refractivity contribution in [1.82, 2.24) is 24.6 Å². The number of likely N-dealkylation sites (tertiary alicyclic amines) is 2. The minimum atomic E-state index is 0.0915. The molecule has 2 aromatic heterocycles. The number of amides is 1. The van der Waals surface area contributed by atoms with Crippen LogP contribution in [0.3, 0.4) is 0 Å². The van der Waals surface area contributed by atoms with Crippen molar-refractivity contribution >= 4 is 5.91 Å². The average molecular weight is 402 g/mol. The molecule has 1 amide bonds. The summed E-state index contributed by atoms with van der Waals surface area (Å²) in [6, 6.07) is 14.3. The first-order valence-corrected chi connectivity index (χ1v) is 10.7. The molecule has 6 heteroatoms. The maximum Gasteiger partial charge on any atom is 0.255 e. The van der Waals surface area contributed by atoms with Crippen LogP contribution in [0.5, 0.6) is 0 Å². The normalized spacial score (nSPS) is 23.6. The van der Waals surface area contributed by atoms with Gasteiger partial charge in [-0.1, -0.05) is 24.3 Å². The van der Waals surface area contributed by atoms with Gasteiger partial charge >= 0.3 is 0 Å². The number of benzene rings is 1. The molecule has 3 atom stereocenters. The lowest BCUT2D eigenvalue weighted by Crippen LogP contribution is -2.36. The molecule has 30 heavy (non-hydrogen) atoms. The molecule has 6 nitrogen and oxygen atoms in total. The van der Waals surface area contributed by atoms with Gasteiger partial charge in [0.1, 0.15) is 0 Å². The Morgan fingerprint density at radius 3 is 2.70 bits per heavy atom. The number of aryl methyl sites for hydroxylation is 1. The first-order chi connectivity index (χ1) is 14.7. The summed E-state index contributed by atoms with van der Waals surface area (Å²) in [4.78, 5) is 22.2. The average Bonchev–Trinajstić information content (AvgIpc) is 3.49. The number of pyridine rings is 1. The Morgan fingerprint density at radius 2 is 1.93 bits per heavy atom. The molecular weight excluding hydrogens is 374 g/mol. The van der Waals surface area contributed by atoms with Crippen molar-refractivity contribution in [2.24, 2.45) is 11.8 Å². The molecule has 154 valence electrons. The van der Waals surface area contributed by atoms with Crippen molar-refractivity contribution in [2.45, 2.75) is 19.5 Å². The second-order valence-corrected chi connectivity index (χ2v) is 8.45. The van der Waals surface area contributed by atoms with E-state index in [0.29, 0.717) is 17.4 Å². The molecule has 1 aromatic carbocycles. The van der Waals surface area contributed by atoms with E-state index in [0.717, 1.165) is 32.7 Å². The molecule has 2 fully saturated rings. The van der Waals surface area contributed by atoms with Crippen LogP contribution in [0.25, 0.3) is 0 Å². The summed E-state index contributed by atoms with van der Waals surface area (Å²) in [6.07, 6.45) is 7.24. The Kier molecular flexibility index (Phi) is 5.09. The van der Waals surface area contributed by atoms with E-state index < -0.39 is 0 Å². The monoisotopic (exact) mass is 401 g/mol. The quantitative estimate of drug-likeness (QED) is 0.659. The molecule has 0 unspecified atom stereocenters. The number of hydrogen-bond donors (Lipinski definition) is 0. The Morgan fingerprint density at radius 1 is 1.03 bits per heavy atom. The molecule has 3 aromatic rings. The molecule has 0 spiro atoms. The van der Waals surface area contributed by atoms with Crippen molar-refractivity contribution in [1.29, 1.82) is 0 Å². The number of aromatic nitrogens is 3. The molecule has 4 heterocycles. The van der Waals surface area contributed by atoms with Crippen LogP contribution >= 0.6 is 0 Å². The van der Waals surface area contributed by atoms with Crippen LogP contribution in [0.2, 0.25) is 0 Å². The summed E-state index contributed by atoms with van der Waals surface area (Å²) in [5, 5.41) is 4.32. The maximum atomic E-state index is 13.4. The number of carbonyl (C=O) groups is 1. The van der Waals surface area contributed by atoms with Crippen molar-refractivity contribution in [3.8, 4) is 0 Å². The second-order valence-electron chi connectivity index (χ2n) is 8.45. The van der Waals surface area contributed by atoms with Gasteiger partial charge in [-0.05, 0) is 42.2 Å². The molecule has 5 rings (SSSR count). The van der Waals surface area contributed by atoms with Crippen molar-refractivity contribution in [3.05, 3.63) is 83.9 Å². The van der Waals surface area contributed by atoms with E-state index in [2.05, 4.69) is 51.1 Å². The minimum absolute atomic E-state index is 0.0915. The zero-order valence-corrected chi connectivity index (χ0v) is 17.3. The van der Waals surface area contributed by atoms with Gasteiger partial charge in [0, 0.05) is 56.9 Å². The zero-order valence-electron chi connectivity index (χ0n) is 17.3. The summed E-state index contributed by atoms with van der Waals surface area (Å²) >= 11 is 0. The van der Waals surface area contributed by atoms with Crippen LogP contribution < -0.4 is 0 Å². The molecule has 2 aliphatic heterocycles. The summed E-state index contributed by atoms with van der Waals surface area (Å²) < 4.78 is 1.99. The molecule has 0 N–H and O–H groups in total. The van der Waals surface area contributed by atoms with Crippen molar-refractivity contribution < 1.29 is 4.79 Å². The van der Waals surface area contributed by atoms with Gasteiger partial charge < -0.3 is 9.80 Å². The SMILES string of the molecule is Cc1ccccc1[C@@H]1[C@H]2CN(CCn3cccn3)C[C@H]2CN1C(=O)c1cccnc1. The molecule has 0 radical (unpaired) electrons. The highest BCUT2D eigenvalue weighted by Gasteiger charge is 2.49. The third kappa shape index (κ3) is 3.52. The molecule has 0 bridgehead atoms. The molecule has 0 aliphatic carbocycles. The molecular formula is C24H27N5O. The first kappa shape index (κ1) is 19.0. The van der Waals surface area contributed by atoms with Crippen LogP contribution in [-0.2, 0) is 6.54 Å². The topological polar surface area (TPSA) is 54.3 Å². The number of hydrogen-bond acceptors (Lipinski definition) is 4. The van der Waals surface area contributed by atoms with Gasteiger partial charge in [0.25, 0.3) is 5.91 Å². The lowest BCUT2D eigenvalue weighted by atomic mass is 9.87. The van der Waals surface area contributed by atoms with E-state index in [1.807, 2.05) is 35.3 Å². The smallest absolute Gasteiger partial charge is 0.255 e. The van der Waals surface area contributed by atoms with Crippen LogP contribution in [0.1, 0.15) is 27.5 Å². The molecule has 2 saturated heterocycles. The highest BCUT2D eigenvalue weighted by Crippen LogP contribution is 2.46. The van der Waals surface area contributed by atoms with Crippen molar-refractivity contribution in [2.75, 3.05) is 26.2 Å². The predicted molar refractivity (Wildman–Crippen MR) is 115 cm³/mol. The fraction of sp³-hybridized carbons (Fsp3) is 0.375. The van der Waals surface area contributed by atoms with E-state index in [1.54, 1.807) is 12.4 Å². The van der Waals surface area contributed by atoms with Crippen molar-refractivity contribution in [3.63, 3.8) is 0 Å². The van der Waals surface area contributed by atoms with E-state index in [-0.39, 0.29) is 11.9 Å². The van der Waals surface area contributed by atoms with Gasteiger partial charge in [0.05, 0.1) is 18.2 Å². The summed E-state index contributed by atoms with van der Waals surface area (Å²) in [7, 11) is 0. The number of carbonyl (C=O) groups excluding carboxylic acids is 1. The Hall–Kier alpha value is -2.99. The van der Waals surface area contributed by atoms with E-state index in [9.17, 15) is 4.79 Å². The minimum Gasteiger partial charge on any atom is -0.331 e. The van der Waals surface area contributed by atoms with E-state index in [4.69, 9.17) is 0 Å². The van der Waals surface area contributed by atoms with E-state index in [1.165, 1.54) is 11.1 Å². The number of rotatable bonds is 5. The van der Waals surface area contributed by atoms with Gasteiger partial charge in [-0.25, -0.2) is 0 Å². The van der Waals surface area contributed by atoms with Gasteiger partial charge in [0.15, 0.2) is 0 Å². The lowest BCUT2D eigenvalue weighted by Gasteiger charge is -2.31. The Labute approximate surface area is 177 Å². The van der Waals surface area contributed by atoms with Crippen LogP contribution in [-0.4, -0.2) is 56.7 Å². The van der Waals surface area contributed by atoms with Crippen LogP contribution in [0.15, 0.2) is 67.3 Å². The second kappa shape index (κ2) is 8.03. The Balaban J connectivity index is 1.39. The predicted octanol–water partition coefficient (Wildman–Crippen LogP) is 3.03. The zero-order chi connectivity index (χ0) is 20.5. The van der Waals surface area contributed by atoms with E-state index >= 15 is 0 Å². The maximum absolute atomic E-state index is 13.4. The summed E-state index contributed by atoms with van der Waals surface area (Å²) in [5.41, 5.74) is 3.20. The van der Waals surface area contributed by atoms with Crippen LogP contribution in [0.4, 0.5) is 0 Å². The molecule has 0 saturated carbocycles. The number of fused-ring (bicyclic) bond motifs is 1. The lowest BCUT2D eigenvalue weighted by molar-refractivity contribution is 0.0699. The molecule has 2 aliphatic rings. The largest absolute Gasteiger partial charge is 0.331 e. The van der Waals surface area contributed by atoms with Gasteiger partial charge in [-0.2, -0.15) is 5.10 Å². The standard InChI is InChI=1S/C24H27N5O/c1-18-6-2-3-8-21(18)23-22-17-27(12-13-28-11-5-10-26-28)15-20(22)16-29(23)24(30)19-7-4-9-25-14-19/h2-11,14,20,22-23H,12-13,15-17H2,1H3/t20-,22-,23+/m0/s1. The number of nitrogens with zero attached hydrogens (tertiary/aromatic N) is 5. The highest BCUT2D eigenvalue weighted by atomic mass is 16.2.